The highest BCUT2D eigenvalue weighted by Gasteiger charge is 2.30. The quantitative estimate of drug-likeness (QED) is 0.696. The van der Waals surface area contributed by atoms with Crippen molar-refractivity contribution in [2.45, 2.75) is 45.3 Å². The molecule has 7 nitrogen and oxygen atoms in total. The van der Waals surface area contributed by atoms with E-state index in [9.17, 15) is 14.0 Å². The third-order valence-corrected chi connectivity index (χ3v) is 6.27. The molecule has 0 bridgehead atoms. The Bertz CT molecular complexity index is 984. The minimum atomic E-state index is -0.510. The number of amides is 2. The van der Waals surface area contributed by atoms with Crippen LogP contribution in [0.5, 0.6) is 0 Å². The second-order valence-corrected chi connectivity index (χ2v) is 9.73. The summed E-state index contributed by atoms with van der Waals surface area (Å²) in [6, 6.07) is 10.7. The van der Waals surface area contributed by atoms with Gasteiger partial charge in [-0.1, -0.05) is 12.1 Å². The lowest BCUT2D eigenvalue weighted by Gasteiger charge is -2.37. The van der Waals surface area contributed by atoms with Crippen LogP contribution in [0.1, 0.15) is 50.1 Å². The Morgan fingerprint density at radius 2 is 1.58 bits per heavy atom. The number of piperidine rings is 1. The molecule has 33 heavy (non-hydrogen) atoms. The SMILES string of the molecule is CC(C)(C)OC(=O)N1CCC(n2cccc2C(=O)N2CCN(c3ccccc3F)CC2)CC1. The predicted octanol–water partition coefficient (Wildman–Crippen LogP) is 4.16. The van der Waals surface area contributed by atoms with Crippen LogP contribution in [0.4, 0.5) is 14.9 Å². The molecule has 0 saturated carbocycles. The Labute approximate surface area is 194 Å². The van der Waals surface area contributed by atoms with E-state index in [1.54, 1.807) is 17.0 Å². The van der Waals surface area contributed by atoms with Gasteiger partial charge in [-0.05, 0) is 57.9 Å². The van der Waals surface area contributed by atoms with Crippen LogP contribution >= 0.6 is 0 Å². The number of ether oxygens (including phenoxy) is 1. The van der Waals surface area contributed by atoms with Crippen LogP contribution in [0.3, 0.4) is 0 Å². The zero-order valence-electron chi connectivity index (χ0n) is 19.7. The molecule has 3 heterocycles. The topological polar surface area (TPSA) is 58.0 Å². The lowest BCUT2D eigenvalue weighted by Crippen LogP contribution is -2.49. The summed E-state index contributed by atoms with van der Waals surface area (Å²) in [4.78, 5) is 31.2. The maximum atomic E-state index is 14.1. The van der Waals surface area contributed by atoms with E-state index in [0.29, 0.717) is 50.6 Å². The van der Waals surface area contributed by atoms with Crippen molar-refractivity contribution in [3.63, 3.8) is 0 Å². The molecule has 2 aliphatic rings. The molecule has 2 amide bonds. The average Bonchev–Trinajstić information content (AvgIpc) is 3.28. The highest BCUT2D eigenvalue weighted by atomic mass is 19.1. The number of halogens is 1. The minimum absolute atomic E-state index is 0.00255. The fourth-order valence-corrected chi connectivity index (χ4v) is 4.57. The third-order valence-electron chi connectivity index (χ3n) is 6.27. The van der Waals surface area contributed by atoms with Crippen LogP contribution in [-0.2, 0) is 4.74 Å². The average molecular weight is 457 g/mol. The van der Waals surface area contributed by atoms with Crippen molar-refractivity contribution in [3.8, 4) is 0 Å². The number of carbonyl (C=O) groups is 2. The Morgan fingerprint density at radius 1 is 0.909 bits per heavy atom. The van der Waals surface area contributed by atoms with E-state index in [2.05, 4.69) is 4.57 Å². The molecule has 2 aromatic rings. The van der Waals surface area contributed by atoms with Gasteiger partial charge in [0.2, 0.25) is 0 Å². The van der Waals surface area contributed by atoms with Crippen LogP contribution < -0.4 is 4.90 Å². The fraction of sp³-hybridized carbons (Fsp3) is 0.520. The molecule has 0 unspecified atom stereocenters. The van der Waals surface area contributed by atoms with Gasteiger partial charge in [0.1, 0.15) is 17.1 Å². The molecule has 178 valence electrons. The highest BCUT2D eigenvalue weighted by molar-refractivity contribution is 5.93. The van der Waals surface area contributed by atoms with E-state index >= 15 is 0 Å². The number of rotatable bonds is 3. The molecule has 4 rings (SSSR count). The summed E-state index contributed by atoms with van der Waals surface area (Å²) in [5.74, 6) is -0.230. The van der Waals surface area contributed by atoms with Crippen molar-refractivity contribution in [2.75, 3.05) is 44.2 Å². The van der Waals surface area contributed by atoms with Gasteiger partial charge < -0.3 is 24.0 Å². The summed E-state index contributed by atoms with van der Waals surface area (Å²) in [6.07, 6.45) is 3.22. The monoisotopic (exact) mass is 456 g/mol. The summed E-state index contributed by atoms with van der Waals surface area (Å²) in [6.45, 7) is 9.11. The number of piperazine rings is 1. The summed E-state index contributed by atoms with van der Waals surface area (Å²) >= 11 is 0. The van der Waals surface area contributed by atoms with Crippen molar-refractivity contribution in [1.29, 1.82) is 0 Å². The van der Waals surface area contributed by atoms with E-state index in [-0.39, 0.29) is 23.9 Å². The van der Waals surface area contributed by atoms with Gasteiger partial charge in [0, 0.05) is 51.5 Å². The molecule has 2 fully saturated rings. The molecule has 0 N–H and O–H groups in total. The van der Waals surface area contributed by atoms with Crippen LogP contribution in [-0.4, -0.2) is 71.2 Å². The Kier molecular flexibility index (Phi) is 6.63. The second kappa shape index (κ2) is 9.45. The van der Waals surface area contributed by atoms with Crippen LogP contribution in [0.2, 0.25) is 0 Å². The molecule has 0 atom stereocenters. The van der Waals surface area contributed by atoms with Crippen molar-refractivity contribution in [3.05, 3.63) is 54.1 Å². The zero-order valence-corrected chi connectivity index (χ0v) is 19.7. The Morgan fingerprint density at radius 3 is 2.21 bits per heavy atom. The molecule has 0 radical (unpaired) electrons. The standard InChI is InChI=1S/C25H33FN4O3/c1-25(2,3)33-24(32)29-13-10-19(11-14-29)30-12-6-9-22(30)23(31)28-17-15-27(16-18-28)21-8-5-4-7-20(21)26/h4-9,12,19H,10-11,13-18H2,1-3H3. The first kappa shape index (κ1) is 23.1. The molecule has 2 aliphatic heterocycles. The van der Waals surface area contributed by atoms with Crippen LogP contribution in [0, 0.1) is 5.82 Å². The predicted molar refractivity (Wildman–Crippen MR) is 125 cm³/mol. The first-order valence-corrected chi connectivity index (χ1v) is 11.7. The maximum Gasteiger partial charge on any atom is 0.410 e. The first-order chi connectivity index (χ1) is 15.7. The molecule has 0 aliphatic carbocycles. The van der Waals surface area contributed by atoms with Gasteiger partial charge in [0.15, 0.2) is 0 Å². The number of likely N-dealkylation sites (tertiary alicyclic amines) is 1. The lowest BCUT2D eigenvalue weighted by molar-refractivity contribution is 0.0186. The molecule has 1 aromatic heterocycles. The molecule has 2 saturated heterocycles. The number of nitrogens with zero attached hydrogens (tertiary/aromatic N) is 4. The Balaban J connectivity index is 1.35. The van der Waals surface area contributed by atoms with Crippen LogP contribution in [0.25, 0.3) is 0 Å². The molecule has 0 spiro atoms. The Hall–Kier alpha value is -3.03. The summed E-state index contributed by atoms with van der Waals surface area (Å²) < 4.78 is 21.7. The van der Waals surface area contributed by atoms with Gasteiger partial charge in [0.05, 0.1) is 5.69 Å². The summed E-state index contributed by atoms with van der Waals surface area (Å²) in [5, 5.41) is 0. The third kappa shape index (κ3) is 5.31. The minimum Gasteiger partial charge on any atom is -0.444 e. The van der Waals surface area contributed by atoms with E-state index in [4.69, 9.17) is 4.74 Å². The van der Waals surface area contributed by atoms with Crippen molar-refractivity contribution in [2.24, 2.45) is 0 Å². The second-order valence-electron chi connectivity index (χ2n) is 9.73. The smallest absolute Gasteiger partial charge is 0.410 e. The lowest BCUT2D eigenvalue weighted by atomic mass is 10.0. The fourth-order valence-electron chi connectivity index (χ4n) is 4.57. The van der Waals surface area contributed by atoms with E-state index in [1.165, 1.54) is 6.07 Å². The first-order valence-electron chi connectivity index (χ1n) is 11.7. The van der Waals surface area contributed by atoms with Crippen LogP contribution in [0.15, 0.2) is 42.6 Å². The van der Waals surface area contributed by atoms with Gasteiger partial charge in [-0.3, -0.25) is 4.79 Å². The normalized spacial score (nSPS) is 17.9. The number of para-hydroxylation sites is 1. The van der Waals surface area contributed by atoms with E-state index in [0.717, 1.165) is 12.8 Å². The zero-order chi connectivity index (χ0) is 23.6. The van der Waals surface area contributed by atoms with Crippen molar-refractivity contribution < 1.29 is 18.7 Å². The number of carbonyl (C=O) groups excluding carboxylic acids is 2. The van der Waals surface area contributed by atoms with Gasteiger partial charge in [-0.25, -0.2) is 9.18 Å². The van der Waals surface area contributed by atoms with E-state index < -0.39 is 5.60 Å². The van der Waals surface area contributed by atoms with Crippen molar-refractivity contribution in [1.82, 2.24) is 14.4 Å². The molecule has 1 aromatic carbocycles. The number of aromatic nitrogens is 1. The van der Waals surface area contributed by atoms with Gasteiger partial charge in [-0.15, -0.1) is 0 Å². The number of benzene rings is 1. The number of hydrogen-bond donors (Lipinski definition) is 0. The highest BCUT2D eigenvalue weighted by Crippen LogP contribution is 2.27. The van der Waals surface area contributed by atoms with Gasteiger partial charge in [0.25, 0.3) is 5.91 Å². The van der Waals surface area contributed by atoms with Gasteiger partial charge >= 0.3 is 6.09 Å². The van der Waals surface area contributed by atoms with Crippen molar-refractivity contribution >= 4 is 17.7 Å². The van der Waals surface area contributed by atoms with E-state index in [1.807, 2.05) is 55.0 Å². The summed E-state index contributed by atoms with van der Waals surface area (Å²) in [5.41, 5.74) is 0.749. The number of anilines is 1. The number of hydrogen-bond acceptors (Lipinski definition) is 4. The maximum absolute atomic E-state index is 14.1. The summed E-state index contributed by atoms with van der Waals surface area (Å²) in [7, 11) is 0. The molecule has 8 heteroatoms. The largest absolute Gasteiger partial charge is 0.444 e. The van der Waals surface area contributed by atoms with Gasteiger partial charge in [-0.2, -0.15) is 0 Å². The molecular formula is C25H33FN4O3. The molecular weight excluding hydrogens is 423 g/mol.